The topological polar surface area (TPSA) is 83.3 Å². The van der Waals surface area contributed by atoms with E-state index in [9.17, 15) is 20.0 Å². The van der Waals surface area contributed by atoms with E-state index >= 15 is 0 Å². The van der Waals surface area contributed by atoms with Crippen molar-refractivity contribution >= 4 is 5.97 Å². The van der Waals surface area contributed by atoms with E-state index in [4.69, 9.17) is 0 Å². The number of carbonyl (C=O) groups is 1. The summed E-state index contributed by atoms with van der Waals surface area (Å²) in [4.78, 5) is 21.0. The molecule has 0 aromatic carbocycles. The minimum Gasteiger partial charge on any atom is -0.550 e. The zero-order valence-electron chi connectivity index (χ0n) is 14.6. The molecular formula is C18H32NO4-. The van der Waals surface area contributed by atoms with Crippen LogP contribution in [-0.2, 0) is 4.79 Å². The Morgan fingerprint density at radius 1 is 0.870 bits per heavy atom. The third-order valence-corrected chi connectivity index (χ3v) is 3.99. The van der Waals surface area contributed by atoms with E-state index in [1.54, 1.807) is 6.08 Å². The van der Waals surface area contributed by atoms with Gasteiger partial charge in [-0.1, -0.05) is 58.3 Å². The second kappa shape index (κ2) is 15.5. The van der Waals surface area contributed by atoms with Crippen LogP contribution < -0.4 is 5.11 Å². The van der Waals surface area contributed by atoms with Crippen LogP contribution >= 0.6 is 0 Å². The van der Waals surface area contributed by atoms with Crippen LogP contribution in [0.2, 0.25) is 0 Å². The van der Waals surface area contributed by atoms with Crippen LogP contribution in [0.1, 0.15) is 96.8 Å². The highest BCUT2D eigenvalue weighted by Crippen LogP contribution is 2.14. The largest absolute Gasteiger partial charge is 0.550 e. The van der Waals surface area contributed by atoms with Gasteiger partial charge in [0.15, 0.2) is 0 Å². The molecule has 0 atom stereocenters. The van der Waals surface area contributed by atoms with E-state index in [1.165, 1.54) is 25.7 Å². The summed E-state index contributed by atoms with van der Waals surface area (Å²) in [5, 5.41) is 21.3. The Morgan fingerprint density at radius 3 is 1.96 bits per heavy atom. The number of rotatable bonds is 16. The maximum absolute atomic E-state index is 11.0. The van der Waals surface area contributed by atoms with Crippen LogP contribution in [-0.4, -0.2) is 10.9 Å². The molecule has 0 aliphatic carbocycles. The van der Waals surface area contributed by atoms with Gasteiger partial charge in [-0.3, -0.25) is 10.1 Å². The summed E-state index contributed by atoms with van der Waals surface area (Å²) in [6.45, 7) is 2.19. The van der Waals surface area contributed by atoms with Gasteiger partial charge in [0.05, 0.1) is 4.92 Å². The molecule has 5 heteroatoms. The van der Waals surface area contributed by atoms with Gasteiger partial charge >= 0.3 is 0 Å². The van der Waals surface area contributed by atoms with E-state index < -0.39 is 5.97 Å². The predicted molar refractivity (Wildman–Crippen MR) is 90.4 cm³/mol. The van der Waals surface area contributed by atoms with Gasteiger partial charge in [0.1, 0.15) is 0 Å². The molecule has 0 aliphatic rings. The zero-order chi connectivity index (χ0) is 17.3. The molecule has 0 spiro atoms. The molecule has 134 valence electrons. The first kappa shape index (κ1) is 21.6. The summed E-state index contributed by atoms with van der Waals surface area (Å²) < 4.78 is 0. The first-order valence-electron chi connectivity index (χ1n) is 9.11. The van der Waals surface area contributed by atoms with E-state index in [0.29, 0.717) is 18.5 Å². The van der Waals surface area contributed by atoms with Crippen LogP contribution in [0.15, 0.2) is 11.8 Å². The number of allylic oxidation sites excluding steroid dienone is 2. The minimum atomic E-state index is -1.00. The van der Waals surface area contributed by atoms with Gasteiger partial charge in [-0.05, 0) is 38.2 Å². The summed E-state index contributed by atoms with van der Waals surface area (Å²) in [5.74, 6) is -1.00. The number of carboxylic acids is 1. The van der Waals surface area contributed by atoms with Gasteiger partial charge in [-0.25, -0.2) is 0 Å². The Bertz CT molecular complexity index is 353. The Labute approximate surface area is 140 Å². The van der Waals surface area contributed by atoms with Crippen LogP contribution in [0.5, 0.6) is 0 Å². The summed E-state index contributed by atoms with van der Waals surface area (Å²) in [7, 11) is 0. The number of hydrogen-bond donors (Lipinski definition) is 0. The molecule has 23 heavy (non-hydrogen) atoms. The fraction of sp³-hybridized carbons (Fsp3) is 0.833. The van der Waals surface area contributed by atoms with Gasteiger partial charge in [0, 0.05) is 12.4 Å². The van der Waals surface area contributed by atoms with Crippen LogP contribution in [0.25, 0.3) is 0 Å². The maximum atomic E-state index is 11.0. The highest BCUT2D eigenvalue weighted by Gasteiger charge is 2.09. The third-order valence-electron chi connectivity index (χ3n) is 3.99. The molecule has 0 fully saturated rings. The minimum absolute atomic E-state index is 0.109. The van der Waals surface area contributed by atoms with Gasteiger partial charge in [-0.2, -0.15) is 0 Å². The van der Waals surface area contributed by atoms with Crippen LogP contribution in [0.3, 0.4) is 0 Å². The van der Waals surface area contributed by atoms with Crippen LogP contribution in [0, 0.1) is 10.1 Å². The molecule has 5 nitrogen and oxygen atoms in total. The lowest BCUT2D eigenvalue weighted by molar-refractivity contribution is -0.428. The fourth-order valence-corrected chi connectivity index (χ4v) is 2.57. The number of nitro groups is 1. The lowest BCUT2D eigenvalue weighted by atomic mass is 10.1. The third kappa shape index (κ3) is 15.3. The molecule has 0 saturated carbocycles. The molecule has 0 unspecified atom stereocenters. The normalized spacial score (nSPS) is 11.6. The summed E-state index contributed by atoms with van der Waals surface area (Å²) >= 11 is 0. The summed E-state index contributed by atoms with van der Waals surface area (Å²) in [5.41, 5.74) is 0.341. The highest BCUT2D eigenvalue weighted by molar-refractivity contribution is 5.63. The Kier molecular flexibility index (Phi) is 14.6. The Hall–Kier alpha value is -1.39. The molecule has 0 aromatic rings. The van der Waals surface area contributed by atoms with Crippen molar-refractivity contribution in [3.8, 4) is 0 Å². The van der Waals surface area contributed by atoms with Crippen molar-refractivity contribution in [2.45, 2.75) is 96.8 Å². The van der Waals surface area contributed by atoms with Crippen molar-refractivity contribution in [3.05, 3.63) is 21.9 Å². The van der Waals surface area contributed by atoms with Gasteiger partial charge < -0.3 is 9.90 Å². The second-order valence-corrected chi connectivity index (χ2v) is 6.15. The van der Waals surface area contributed by atoms with E-state index in [2.05, 4.69) is 6.92 Å². The number of aliphatic carboxylic acids is 1. The Morgan fingerprint density at radius 2 is 1.39 bits per heavy atom. The molecule has 0 saturated heterocycles. The molecule has 0 amide bonds. The second-order valence-electron chi connectivity index (χ2n) is 6.15. The van der Waals surface area contributed by atoms with Crippen molar-refractivity contribution in [2.24, 2.45) is 0 Å². The van der Waals surface area contributed by atoms with E-state index in [-0.39, 0.29) is 11.3 Å². The van der Waals surface area contributed by atoms with Crippen molar-refractivity contribution in [1.82, 2.24) is 0 Å². The predicted octanol–water partition coefficient (Wildman–Crippen LogP) is 4.38. The quantitative estimate of drug-likeness (QED) is 0.239. The fourth-order valence-electron chi connectivity index (χ4n) is 2.57. The lowest BCUT2D eigenvalue weighted by Crippen LogP contribution is -2.21. The summed E-state index contributed by atoms with van der Waals surface area (Å²) in [6, 6.07) is 0. The number of carbonyl (C=O) groups excluding carboxylic acids is 1. The maximum Gasteiger partial charge on any atom is 0.242 e. The standard InChI is InChI=1S/C18H33NO4/c1-2-3-4-5-6-8-11-14-17(19(22)23)15-12-9-7-10-13-16-18(20)21/h14H,2-13,15-16H2,1H3,(H,20,21)/p-1. The molecule has 0 aromatic heterocycles. The number of unbranched alkanes of at least 4 members (excludes halogenated alkanes) is 10. The van der Waals surface area contributed by atoms with Gasteiger partial charge in [0.2, 0.25) is 5.70 Å². The van der Waals surface area contributed by atoms with Gasteiger partial charge in [0.25, 0.3) is 0 Å². The van der Waals surface area contributed by atoms with Crippen molar-refractivity contribution in [3.63, 3.8) is 0 Å². The van der Waals surface area contributed by atoms with Crippen molar-refractivity contribution < 1.29 is 14.8 Å². The highest BCUT2D eigenvalue weighted by atomic mass is 16.6. The first-order valence-corrected chi connectivity index (χ1v) is 9.11. The average Bonchev–Trinajstić information content (AvgIpc) is 2.50. The molecule has 0 bridgehead atoms. The SMILES string of the molecule is CCCCCCCCC=C(CCCCCCCC(=O)[O-])[N+](=O)[O-]. The molecular weight excluding hydrogens is 294 g/mol. The summed E-state index contributed by atoms with van der Waals surface area (Å²) in [6.07, 6.45) is 14.5. The number of hydrogen-bond acceptors (Lipinski definition) is 4. The van der Waals surface area contributed by atoms with Crippen molar-refractivity contribution in [1.29, 1.82) is 0 Å². The molecule has 0 heterocycles. The first-order chi connectivity index (χ1) is 11.1. The lowest BCUT2D eigenvalue weighted by Gasteiger charge is -2.03. The molecule has 0 N–H and O–H groups in total. The molecule has 0 radical (unpaired) electrons. The number of carboxylic acid groups (broad SMARTS) is 1. The zero-order valence-corrected chi connectivity index (χ0v) is 14.6. The average molecular weight is 326 g/mol. The smallest absolute Gasteiger partial charge is 0.242 e. The van der Waals surface area contributed by atoms with E-state index in [1.807, 2.05) is 0 Å². The Balaban J connectivity index is 3.70. The van der Waals surface area contributed by atoms with Crippen molar-refractivity contribution in [2.75, 3.05) is 0 Å². The van der Waals surface area contributed by atoms with Gasteiger partial charge in [-0.15, -0.1) is 0 Å². The molecule has 0 rings (SSSR count). The van der Waals surface area contributed by atoms with E-state index in [0.717, 1.165) is 44.9 Å². The molecule has 0 aliphatic heterocycles. The monoisotopic (exact) mass is 326 g/mol. The van der Waals surface area contributed by atoms with Crippen LogP contribution in [0.4, 0.5) is 0 Å². The number of nitrogens with zero attached hydrogens (tertiary/aromatic N) is 1.